The zero-order valence-electron chi connectivity index (χ0n) is 3.43. The predicted octanol–water partition coefficient (Wildman–Crippen LogP) is 1.34. The van der Waals surface area contributed by atoms with Gasteiger partial charge in [-0.05, 0) is 6.92 Å². The molecular weight excluding hydrogens is 109 g/mol. The average Bonchev–Trinajstić information content (AvgIpc) is 1.37. The fourth-order valence-corrected chi connectivity index (χ4v) is 0. The second kappa shape index (κ2) is 20.2. The highest BCUT2D eigenvalue weighted by Crippen LogP contribution is 1.82. The van der Waals surface area contributed by atoms with Crippen molar-refractivity contribution in [1.82, 2.24) is 0 Å². The molecule has 0 aliphatic heterocycles. The molecule has 0 fully saturated rings. The van der Waals surface area contributed by atoms with Gasteiger partial charge < -0.3 is 0 Å². The molecule has 6 heavy (non-hydrogen) atoms. The van der Waals surface area contributed by atoms with Gasteiger partial charge in [-0.25, -0.2) is 0 Å². The SMILES string of the molecule is CC[PH+]=O.F.F. The van der Waals surface area contributed by atoms with Crippen LogP contribution in [0.2, 0.25) is 0 Å². The Hall–Kier alpha value is -0.0400. The first-order valence-corrected chi connectivity index (χ1v) is 2.38. The van der Waals surface area contributed by atoms with Gasteiger partial charge in [-0.1, -0.05) is 4.57 Å². The standard InChI is InChI=1S/C2H5OP.2FH/c1-2-4-3;;/h2H2,1H3;2*1H/p+1. The molecule has 1 nitrogen and oxygen atoms in total. The molecule has 0 radical (unpaired) electrons. The van der Waals surface area contributed by atoms with Crippen LogP contribution in [0, 0.1) is 0 Å². The Morgan fingerprint density at radius 1 is 1.50 bits per heavy atom. The number of hydrogen-bond donors (Lipinski definition) is 0. The second-order valence-electron chi connectivity index (χ2n) is 0.498. The van der Waals surface area contributed by atoms with E-state index < -0.39 is 0 Å². The highest BCUT2D eigenvalue weighted by Gasteiger charge is 1.67. The van der Waals surface area contributed by atoms with Gasteiger partial charge in [0.1, 0.15) is 6.16 Å². The van der Waals surface area contributed by atoms with E-state index in [0.29, 0.717) is 0 Å². The summed E-state index contributed by atoms with van der Waals surface area (Å²) in [5.41, 5.74) is 0. The van der Waals surface area contributed by atoms with Crippen molar-refractivity contribution >= 4 is 8.46 Å². The van der Waals surface area contributed by atoms with Crippen LogP contribution < -0.4 is 0 Å². The molecule has 0 heterocycles. The lowest BCUT2D eigenvalue weighted by Gasteiger charge is -1.37. The van der Waals surface area contributed by atoms with E-state index in [9.17, 15) is 4.57 Å². The van der Waals surface area contributed by atoms with Gasteiger partial charge >= 0.3 is 8.46 Å². The minimum atomic E-state index is -0.110. The van der Waals surface area contributed by atoms with E-state index >= 15 is 0 Å². The van der Waals surface area contributed by atoms with Crippen molar-refractivity contribution in [2.75, 3.05) is 6.16 Å². The lowest BCUT2D eigenvalue weighted by molar-refractivity contribution is 0.599. The highest BCUT2D eigenvalue weighted by molar-refractivity contribution is 7.23. The molecular formula is C2H8F2OP+. The summed E-state index contributed by atoms with van der Waals surface area (Å²) in [7, 11) is -0.110. The number of hydrogen-bond acceptors (Lipinski definition) is 1. The molecule has 0 saturated heterocycles. The molecule has 0 aliphatic rings. The van der Waals surface area contributed by atoms with Gasteiger partial charge in [-0.2, -0.15) is 0 Å². The molecule has 0 aliphatic carbocycles. The van der Waals surface area contributed by atoms with Crippen LogP contribution in [0.5, 0.6) is 0 Å². The predicted molar refractivity (Wildman–Crippen MR) is 24.5 cm³/mol. The van der Waals surface area contributed by atoms with E-state index in [1.165, 1.54) is 0 Å². The maximum atomic E-state index is 9.33. The van der Waals surface area contributed by atoms with Gasteiger partial charge in [0.15, 0.2) is 0 Å². The third-order valence-corrected chi connectivity index (χ3v) is 0.433. The van der Waals surface area contributed by atoms with Crippen LogP contribution in [-0.4, -0.2) is 6.16 Å². The van der Waals surface area contributed by atoms with Crippen molar-refractivity contribution < 1.29 is 14.0 Å². The highest BCUT2D eigenvalue weighted by atomic mass is 31.1. The van der Waals surface area contributed by atoms with Gasteiger partial charge in [0.2, 0.25) is 0 Å². The first kappa shape index (κ1) is 16.7. The van der Waals surface area contributed by atoms with Crippen LogP contribution in [0.25, 0.3) is 0 Å². The Bertz CT molecular complexity index is 25.5. The Morgan fingerprint density at radius 2 is 1.67 bits per heavy atom. The first-order chi connectivity index (χ1) is 1.91. The van der Waals surface area contributed by atoms with E-state index in [2.05, 4.69) is 0 Å². The largest absolute Gasteiger partial charge is 0.324 e. The van der Waals surface area contributed by atoms with Gasteiger partial charge in [0.25, 0.3) is 0 Å². The lowest BCUT2D eigenvalue weighted by Crippen LogP contribution is -1.39. The maximum Gasteiger partial charge on any atom is 0.324 e. The molecule has 0 amide bonds. The molecule has 0 saturated carbocycles. The molecule has 0 bridgehead atoms. The molecule has 1 unspecified atom stereocenters. The molecule has 0 aromatic carbocycles. The van der Waals surface area contributed by atoms with Crippen molar-refractivity contribution in [3.8, 4) is 0 Å². The summed E-state index contributed by atoms with van der Waals surface area (Å²) in [5, 5.41) is 0. The fourth-order valence-electron chi connectivity index (χ4n) is 0. The second-order valence-corrected chi connectivity index (χ2v) is 1.49. The van der Waals surface area contributed by atoms with Gasteiger partial charge in [0.05, 0.1) is 0 Å². The zero-order valence-corrected chi connectivity index (χ0v) is 4.43. The zero-order chi connectivity index (χ0) is 3.41. The van der Waals surface area contributed by atoms with Crippen LogP contribution in [0.1, 0.15) is 6.92 Å². The number of halogens is 2. The van der Waals surface area contributed by atoms with Gasteiger partial charge in [-0.15, -0.1) is 0 Å². The molecule has 4 heteroatoms. The van der Waals surface area contributed by atoms with Crippen LogP contribution in [0.3, 0.4) is 0 Å². The van der Waals surface area contributed by atoms with Gasteiger partial charge in [0, 0.05) is 0 Å². The van der Waals surface area contributed by atoms with E-state index in [1.807, 2.05) is 6.92 Å². The molecule has 0 spiro atoms. The van der Waals surface area contributed by atoms with E-state index in [-0.39, 0.29) is 17.9 Å². The minimum absolute atomic E-state index is 0. The quantitative estimate of drug-likeness (QED) is 0.473. The summed E-state index contributed by atoms with van der Waals surface area (Å²) in [5.74, 6) is 0. The van der Waals surface area contributed by atoms with Crippen LogP contribution in [0.15, 0.2) is 0 Å². The smallest absolute Gasteiger partial charge is 0.269 e. The lowest BCUT2D eigenvalue weighted by atomic mass is 11.0. The van der Waals surface area contributed by atoms with E-state index in [4.69, 9.17) is 0 Å². The number of rotatable bonds is 1. The third-order valence-electron chi connectivity index (χ3n) is 0.144. The summed E-state index contributed by atoms with van der Waals surface area (Å²) < 4.78 is 9.33. The average molecular weight is 117 g/mol. The summed E-state index contributed by atoms with van der Waals surface area (Å²) in [6.07, 6.45) is 0.792. The van der Waals surface area contributed by atoms with Crippen LogP contribution in [-0.2, 0) is 4.57 Å². The minimum Gasteiger partial charge on any atom is -0.269 e. The fraction of sp³-hybridized carbons (Fsp3) is 1.00. The normalized spacial score (nSPS) is 5.50. The Labute approximate surface area is 36.7 Å². The first-order valence-electron chi connectivity index (χ1n) is 1.26. The molecule has 1 atom stereocenters. The topological polar surface area (TPSA) is 17.1 Å². The third kappa shape index (κ3) is 37.6. The van der Waals surface area contributed by atoms with E-state index in [0.717, 1.165) is 6.16 Å². The molecule has 40 valence electrons. The van der Waals surface area contributed by atoms with Crippen molar-refractivity contribution in [2.24, 2.45) is 0 Å². The summed E-state index contributed by atoms with van der Waals surface area (Å²) in [4.78, 5) is 0. The maximum absolute atomic E-state index is 9.33. The van der Waals surface area contributed by atoms with Gasteiger partial charge in [-0.3, -0.25) is 9.41 Å². The molecule has 0 rings (SSSR count). The Balaban J connectivity index is -0.0000000450. The summed E-state index contributed by atoms with van der Waals surface area (Å²) in [6.45, 7) is 1.88. The van der Waals surface area contributed by atoms with Crippen molar-refractivity contribution in [1.29, 1.82) is 0 Å². The van der Waals surface area contributed by atoms with Crippen LogP contribution in [0.4, 0.5) is 9.41 Å². The summed E-state index contributed by atoms with van der Waals surface area (Å²) in [6, 6.07) is 0. The molecule has 0 aromatic rings. The van der Waals surface area contributed by atoms with Crippen molar-refractivity contribution in [2.45, 2.75) is 6.92 Å². The Kier molecular flexibility index (Phi) is 56.5. The molecule has 0 N–H and O–H groups in total. The summed E-state index contributed by atoms with van der Waals surface area (Å²) >= 11 is 0. The van der Waals surface area contributed by atoms with Crippen molar-refractivity contribution in [3.63, 3.8) is 0 Å². The Morgan fingerprint density at radius 3 is 1.67 bits per heavy atom. The van der Waals surface area contributed by atoms with Crippen molar-refractivity contribution in [3.05, 3.63) is 0 Å². The molecule has 0 aromatic heterocycles. The van der Waals surface area contributed by atoms with E-state index in [1.54, 1.807) is 0 Å². The van der Waals surface area contributed by atoms with Crippen LogP contribution >= 0.6 is 8.46 Å². The monoisotopic (exact) mass is 117 g/mol.